The van der Waals surface area contributed by atoms with Gasteiger partial charge in [-0.1, -0.05) is 12.2 Å². The molecule has 0 unspecified atom stereocenters. The summed E-state index contributed by atoms with van der Waals surface area (Å²) >= 11 is 0. The second-order valence-electron chi connectivity index (χ2n) is 2.03. The Morgan fingerprint density at radius 2 is 1.30 bits per heavy atom. The van der Waals surface area contributed by atoms with Crippen LogP contribution in [0.4, 0.5) is 0 Å². The Hall–Kier alpha value is -0.340. The topological polar surface area (TPSA) is 18.5 Å². The van der Waals surface area contributed by atoms with Crippen molar-refractivity contribution in [2.45, 2.75) is 12.8 Å². The SMILES string of the molecule is COCCC=CCCOC. The Morgan fingerprint density at radius 3 is 1.60 bits per heavy atom. The first-order valence-electron chi connectivity index (χ1n) is 3.54. The highest BCUT2D eigenvalue weighted by Gasteiger charge is 1.78. The normalized spacial score (nSPS) is 11.0. The molecule has 2 nitrogen and oxygen atoms in total. The monoisotopic (exact) mass is 144 g/mol. The fourth-order valence-corrected chi connectivity index (χ4v) is 0.607. The van der Waals surface area contributed by atoms with Crippen molar-refractivity contribution in [3.8, 4) is 0 Å². The first-order valence-corrected chi connectivity index (χ1v) is 3.54. The smallest absolute Gasteiger partial charge is 0.0496 e. The molecule has 10 heavy (non-hydrogen) atoms. The fourth-order valence-electron chi connectivity index (χ4n) is 0.607. The Bertz CT molecular complexity index is 69.3. The molecule has 0 aliphatic rings. The highest BCUT2D eigenvalue weighted by Crippen LogP contribution is 1.87. The highest BCUT2D eigenvalue weighted by atomic mass is 16.5. The minimum atomic E-state index is 0.809. The molecule has 2 heteroatoms. The van der Waals surface area contributed by atoms with E-state index in [9.17, 15) is 0 Å². The van der Waals surface area contributed by atoms with Crippen LogP contribution in [-0.4, -0.2) is 27.4 Å². The maximum atomic E-state index is 4.87. The maximum absolute atomic E-state index is 4.87. The van der Waals surface area contributed by atoms with E-state index < -0.39 is 0 Å². The second-order valence-corrected chi connectivity index (χ2v) is 2.03. The molecule has 0 saturated carbocycles. The third-order valence-electron chi connectivity index (χ3n) is 1.14. The number of ether oxygens (including phenoxy) is 2. The molecule has 0 rings (SSSR count). The van der Waals surface area contributed by atoms with Crippen molar-refractivity contribution in [1.82, 2.24) is 0 Å². The molecule has 0 N–H and O–H groups in total. The van der Waals surface area contributed by atoms with Crippen molar-refractivity contribution in [3.05, 3.63) is 12.2 Å². The molecule has 0 aromatic carbocycles. The van der Waals surface area contributed by atoms with E-state index in [1.807, 2.05) is 0 Å². The zero-order valence-corrected chi connectivity index (χ0v) is 6.80. The molecule has 0 aliphatic heterocycles. The van der Waals surface area contributed by atoms with E-state index in [4.69, 9.17) is 9.47 Å². The third kappa shape index (κ3) is 7.66. The van der Waals surface area contributed by atoms with Gasteiger partial charge in [0.05, 0.1) is 0 Å². The lowest BCUT2D eigenvalue weighted by Gasteiger charge is -1.92. The van der Waals surface area contributed by atoms with Crippen LogP contribution in [0.15, 0.2) is 12.2 Å². The van der Waals surface area contributed by atoms with Gasteiger partial charge in [-0.15, -0.1) is 0 Å². The lowest BCUT2D eigenvalue weighted by molar-refractivity contribution is 0.201. The molecule has 0 amide bonds. The summed E-state index contributed by atoms with van der Waals surface area (Å²) in [4.78, 5) is 0. The van der Waals surface area contributed by atoms with Crippen LogP contribution in [0.1, 0.15) is 12.8 Å². The van der Waals surface area contributed by atoms with Crippen molar-refractivity contribution in [1.29, 1.82) is 0 Å². The summed E-state index contributed by atoms with van der Waals surface area (Å²) in [6, 6.07) is 0. The molecule has 0 bridgehead atoms. The van der Waals surface area contributed by atoms with Crippen molar-refractivity contribution >= 4 is 0 Å². The van der Waals surface area contributed by atoms with Gasteiger partial charge in [-0.25, -0.2) is 0 Å². The Balaban J connectivity index is 2.89. The first-order chi connectivity index (χ1) is 4.91. The summed E-state index contributed by atoms with van der Waals surface area (Å²) in [5.41, 5.74) is 0. The zero-order valence-electron chi connectivity index (χ0n) is 6.80. The van der Waals surface area contributed by atoms with Crippen molar-refractivity contribution in [2.75, 3.05) is 27.4 Å². The molecule has 0 aromatic rings. The number of hydrogen-bond acceptors (Lipinski definition) is 2. The van der Waals surface area contributed by atoms with Crippen molar-refractivity contribution in [3.63, 3.8) is 0 Å². The molecule has 0 aromatic heterocycles. The first kappa shape index (κ1) is 9.66. The summed E-state index contributed by atoms with van der Waals surface area (Å²) in [7, 11) is 3.42. The van der Waals surface area contributed by atoms with E-state index in [2.05, 4.69) is 12.2 Å². The summed E-state index contributed by atoms with van der Waals surface area (Å²) < 4.78 is 9.73. The average molecular weight is 144 g/mol. The Labute approximate surface area is 62.8 Å². The fraction of sp³-hybridized carbons (Fsp3) is 0.750. The number of hydrogen-bond donors (Lipinski definition) is 0. The Morgan fingerprint density at radius 1 is 0.900 bits per heavy atom. The molecular weight excluding hydrogens is 128 g/mol. The molecule has 0 saturated heterocycles. The van der Waals surface area contributed by atoms with Gasteiger partial charge in [-0.05, 0) is 12.8 Å². The lowest BCUT2D eigenvalue weighted by Crippen LogP contribution is -1.86. The van der Waals surface area contributed by atoms with Gasteiger partial charge >= 0.3 is 0 Å². The summed E-state index contributed by atoms with van der Waals surface area (Å²) in [6.07, 6.45) is 6.23. The van der Waals surface area contributed by atoms with Crippen LogP contribution >= 0.6 is 0 Å². The van der Waals surface area contributed by atoms with E-state index in [1.165, 1.54) is 0 Å². The van der Waals surface area contributed by atoms with Crippen LogP contribution in [0, 0.1) is 0 Å². The Kier molecular flexibility index (Phi) is 8.37. The predicted molar refractivity (Wildman–Crippen MR) is 42.1 cm³/mol. The standard InChI is InChI=1S/C8H16O2/c1-9-7-5-3-4-6-8-10-2/h3-4H,5-8H2,1-2H3. The molecule has 0 fully saturated rings. The van der Waals surface area contributed by atoms with E-state index >= 15 is 0 Å². The second kappa shape index (κ2) is 8.66. The van der Waals surface area contributed by atoms with E-state index in [0.717, 1.165) is 26.1 Å². The molecule has 0 heterocycles. The van der Waals surface area contributed by atoms with Gasteiger partial charge in [0.1, 0.15) is 0 Å². The average Bonchev–Trinajstić information content (AvgIpc) is 1.97. The van der Waals surface area contributed by atoms with Crippen LogP contribution in [0.3, 0.4) is 0 Å². The lowest BCUT2D eigenvalue weighted by atomic mass is 10.3. The van der Waals surface area contributed by atoms with Crippen LogP contribution in [0.2, 0.25) is 0 Å². The van der Waals surface area contributed by atoms with Gasteiger partial charge < -0.3 is 9.47 Å². The molecule has 0 radical (unpaired) electrons. The highest BCUT2D eigenvalue weighted by molar-refractivity contribution is 4.80. The van der Waals surface area contributed by atoms with Gasteiger partial charge in [0.25, 0.3) is 0 Å². The van der Waals surface area contributed by atoms with Crippen molar-refractivity contribution in [2.24, 2.45) is 0 Å². The summed E-state index contributed by atoms with van der Waals surface area (Å²) in [6.45, 7) is 1.62. The number of methoxy groups -OCH3 is 2. The van der Waals surface area contributed by atoms with Crippen LogP contribution < -0.4 is 0 Å². The van der Waals surface area contributed by atoms with Gasteiger partial charge in [-0.3, -0.25) is 0 Å². The zero-order chi connectivity index (χ0) is 7.66. The van der Waals surface area contributed by atoms with Crippen LogP contribution in [0.5, 0.6) is 0 Å². The summed E-state index contributed by atoms with van der Waals surface area (Å²) in [5.74, 6) is 0. The van der Waals surface area contributed by atoms with Gasteiger partial charge in [0.15, 0.2) is 0 Å². The predicted octanol–water partition coefficient (Wildman–Crippen LogP) is 1.62. The number of rotatable bonds is 6. The molecule has 0 aliphatic carbocycles. The van der Waals surface area contributed by atoms with E-state index in [0.29, 0.717) is 0 Å². The quantitative estimate of drug-likeness (QED) is 0.416. The van der Waals surface area contributed by atoms with E-state index in [1.54, 1.807) is 14.2 Å². The molecule has 0 atom stereocenters. The molecular formula is C8H16O2. The van der Waals surface area contributed by atoms with Gasteiger partial charge in [-0.2, -0.15) is 0 Å². The maximum Gasteiger partial charge on any atom is 0.0496 e. The van der Waals surface area contributed by atoms with Crippen LogP contribution in [0.25, 0.3) is 0 Å². The third-order valence-corrected chi connectivity index (χ3v) is 1.14. The minimum Gasteiger partial charge on any atom is -0.384 e. The van der Waals surface area contributed by atoms with Gasteiger partial charge in [0, 0.05) is 27.4 Å². The summed E-state index contributed by atoms with van der Waals surface area (Å²) in [5, 5.41) is 0. The molecule has 60 valence electrons. The van der Waals surface area contributed by atoms with Crippen molar-refractivity contribution < 1.29 is 9.47 Å². The minimum absolute atomic E-state index is 0.809. The van der Waals surface area contributed by atoms with Gasteiger partial charge in [0.2, 0.25) is 0 Å². The van der Waals surface area contributed by atoms with Crippen LogP contribution in [-0.2, 0) is 9.47 Å². The molecule has 0 spiro atoms. The van der Waals surface area contributed by atoms with E-state index in [-0.39, 0.29) is 0 Å². The largest absolute Gasteiger partial charge is 0.384 e.